The fraction of sp³-hybridized carbons (Fsp3) is 0.500. The number of urea groups is 1. The molecule has 0 heterocycles. The minimum absolute atomic E-state index is 0.115. The molecule has 5 nitrogen and oxygen atoms in total. The molecule has 2 amide bonds. The molecule has 5 heteroatoms. The van der Waals surface area contributed by atoms with Crippen molar-refractivity contribution in [2.24, 2.45) is 23.7 Å². The summed E-state index contributed by atoms with van der Waals surface area (Å²) in [6.45, 7) is 0. The van der Waals surface area contributed by atoms with Gasteiger partial charge in [-0.1, -0.05) is 12.1 Å². The van der Waals surface area contributed by atoms with Crippen LogP contribution >= 0.6 is 0 Å². The molecule has 110 valence electrons. The number of para-hydroxylation sites is 1. The average molecular weight is 286 g/mol. The molecular weight excluding hydrogens is 268 g/mol. The number of anilines is 1. The molecule has 3 aliphatic carbocycles. The molecular formula is C16H18N2O3. The number of rotatable bonds is 3. The van der Waals surface area contributed by atoms with E-state index < -0.39 is 5.97 Å². The van der Waals surface area contributed by atoms with Crippen molar-refractivity contribution in [2.75, 3.05) is 5.32 Å². The Labute approximate surface area is 122 Å². The number of aromatic carboxylic acids is 1. The highest BCUT2D eigenvalue weighted by Crippen LogP contribution is 2.65. The van der Waals surface area contributed by atoms with Gasteiger partial charge in [-0.15, -0.1) is 0 Å². The maximum atomic E-state index is 12.1. The molecule has 3 aliphatic rings. The molecule has 3 fully saturated rings. The van der Waals surface area contributed by atoms with Crippen molar-refractivity contribution >= 4 is 17.7 Å². The summed E-state index contributed by atoms with van der Waals surface area (Å²) in [6.07, 6.45) is 3.97. The smallest absolute Gasteiger partial charge is 0.337 e. The number of hydrogen-bond acceptors (Lipinski definition) is 2. The third-order valence-corrected chi connectivity index (χ3v) is 5.44. The third kappa shape index (κ3) is 1.99. The Balaban J connectivity index is 1.40. The first-order valence-corrected chi connectivity index (χ1v) is 7.55. The van der Waals surface area contributed by atoms with Crippen LogP contribution in [0.25, 0.3) is 0 Å². The van der Waals surface area contributed by atoms with Crippen molar-refractivity contribution in [1.29, 1.82) is 0 Å². The molecule has 4 unspecified atom stereocenters. The van der Waals surface area contributed by atoms with Crippen LogP contribution in [0, 0.1) is 23.7 Å². The maximum absolute atomic E-state index is 12.1. The Kier molecular flexibility index (Phi) is 2.71. The largest absolute Gasteiger partial charge is 0.478 e. The lowest BCUT2D eigenvalue weighted by atomic mass is 10.0. The minimum Gasteiger partial charge on any atom is -0.478 e. The summed E-state index contributed by atoms with van der Waals surface area (Å²) >= 11 is 0. The van der Waals surface area contributed by atoms with Gasteiger partial charge < -0.3 is 15.7 Å². The fourth-order valence-electron chi connectivity index (χ4n) is 4.61. The first-order chi connectivity index (χ1) is 10.1. The predicted molar refractivity (Wildman–Crippen MR) is 77.2 cm³/mol. The van der Waals surface area contributed by atoms with E-state index >= 15 is 0 Å². The summed E-state index contributed by atoms with van der Waals surface area (Å²) in [5.41, 5.74) is 0.458. The number of hydrogen-bond donors (Lipinski definition) is 3. The van der Waals surface area contributed by atoms with Gasteiger partial charge in [-0.25, -0.2) is 9.59 Å². The quantitative estimate of drug-likeness (QED) is 0.799. The first kappa shape index (κ1) is 12.7. The number of carbonyl (C=O) groups excluding carboxylic acids is 1. The first-order valence-electron chi connectivity index (χ1n) is 7.55. The van der Waals surface area contributed by atoms with Gasteiger partial charge in [0.2, 0.25) is 0 Å². The van der Waals surface area contributed by atoms with E-state index in [1.807, 2.05) is 0 Å². The third-order valence-electron chi connectivity index (χ3n) is 5.44. The highest BCUT2D eigenvalue weighted by Gasteiger charge is 2.65. The van der Waals surface area contributed by atoms with E-state index in [2.05, 4.69) is 10.6 Å². The van der Waals surface area contributed by atoms with Crippen LogP contribution in [0.2, 0.25) is 0 Å². The van der Waals surface area contributed by atoms with Crippen LogP contribution in [0.3, 0.4) is 0 Å². The highest BCUT2D eigenvalue weighted by atomic mass is 16.4. The summed E-state index contributed by atoms with van der Waals surface area (Å²) in [7, 11) is 0. The lowest BCUT2D eigenvalue weighted by molar-refractivity contribution is 0.0698. The lowest BCUT2D eigenvalue weighted by Crippen LogP contribution is -2.34. The van der Waals surface area contributed by atoms with E-state index in [-0.39, 0.29) is 11.6 Å². The average Bonchev–Trinajstić information content (AvgIpc) is 2.83. The van der Waals surface area contributed by atoms with Crippen LogP contribution in [0.4, 0.5) is 10.5 Å². The lowest BCUT2D eigenvalue weighted by Gasteiger charge is -2.12. The Hall–Kier alpha value is -2.04. The Bertz CT molecular complexity index is 599. The molecule has 0 aliphatic heterocycles. The van der Waals surface area contributed by atoms with Gasteiger partial charge in [0.05, 0.1) is 11.3 Å². The topological polar surface area (TPSA) is 78.4 Å². The molecule has 3 N–H and O–H groups in total. The summed E-state index contributed by atoms with van der Waals surface area (Å²) in [5, 5.41) is 14.8. The summed E-state index contributed by atoms with van der Waals surface area (Å²) in [4.78, 5) is 23.2. The Morgan fingerprint density at radius 3 is 2.43 bits per heavy atom. The van der Waals surface area contributed by atoms with Gasteiger partial charge in [0.1, 0.15) is 0 Å². The van der Waals surface area contributed by atoms with Crippen LogP contribution in [-0.2, 0) is 0 Å². The van der Waals surface area contributed by atoms with Crippen LogP contribution in [-0.4, -0.2) is 23.1 Å². The van der Waals surface area contributed by atoms with Gasteiger partial charge in [0.15, 0.2) is 0 Å². The van der Waals surface area contributed by atoms with Crippen molar-refractivity contribution in [1.82, 2.24) is 5.32 Å². The van der Waals surface area contributed by atoms with E-state index in [1.54, 1.807) is 18.2 Å². The minimum atomic E-state index is -1.03. The van der Waals surface area contributed by atoms with Crippen LogP contribution in [0.5, 0.6) is 0 Å². The zero-order valence-corrected chi connectivity index (χ0v) is 11.6. The number of nitrogens with one attached hydrogen (secondary N) is 2. The fourth-order valence-corrected chi connectivity index (χ4v) is 4.61. The number of carboxylic acid groups (broad SMARTS) is 1. The normalized spacial score (nSPS) is 35.1. The van der Waals surface area contributed by atoms with Gasteiger partial charge in [0.25, 0.3) is 0 Å². The zero-order chi connectivity index (χ0) is 14.6. The second-order valence-corrected chi connectivity index (χ2v) is 6.46. The molecule has 4 atom stereocenters. The monoisotopic (exact) mass is 286 g/mol. The van der Waals surface area contributed by atoms with Crippen LogP contribution < -0.4 is 10.6 Å². The molecule has 2 bridgehead atoms. The second-order valence-electron chi connectivity index (χ2n) is 6.46. The van der Waals surface area contributed by atoms with E-state index in [9.17, 15) is 9.59 Å². The van der Waals surface area contributed by atoms with Crippen molar-refractivity contribution in [3.8, 4) is 0 Å². The SMILES string of the molecule is O=C(Nc1ccccc1C(=O)O)NC1C2C3CCC(C3)C12. The molecule has 0 spiro atoms. The summed E-state index contributed by atoms with van der Waals surface area (Å²) in [5.74, 6) is 1.91. The highest BCUT2D eigenvalue weighted by molar-refractivity contribution is 6.00. The zero-order valence-electron chi connectivity index (χ0n) is 11.6. The number of benzene rings is 1. The van der Waals surface area contributed by atoms with Crippen molar-refractivity contribution in [3.63, 3.8) is 0 Å². The van der Waals surface area contributed by atoms with Crippen LogP contribution in [0.1, 0.15) is 29.6 Å². The van der Waals surface area contributed by atoms with E-state index in [4.69, 9.17) is 5.11 Å². The van der Waals surface area contributed by atoms with Crippen molar-refractivity contribution < 1.29 is 14.7 Å². The van der Waals surface area contributed by atoms with Crippen LogP contribution in [0.15, 0.2) is 24.3 Å². The predicted octanol–water partition coefficient (Wildman–Crippen LogP) is 2.55. The van der Waals surface area contributed by atoms with Crippen molar-refractivity contribution in [2.45, 2.75) is 25.3 Å². The second kappa shape index (κ2) is 4.48. The van der Waals surface area contributed by atoms with E-state index in [0.717, 1.165) is 11.8 Å². The standard InChI is InChI=1S/C16H18N2O3/c19-15(20)10-3-1-2-4-11(10)17-16(21)18-14-12-8-5-6-9(7-8)13(12)14/h1-4,8-9,12-14H,5-7H2,(H,19,20)(H2,17,18,21). The van der Waals surface area contributed by atoms with E-state index in [0.29, 0.717) is 23.6 Å². The van der Waals surface area contributed by atoms with Gasteiger partial charge in [-0.05, 0) is 55.1 Å². The number of amides is 2. The Morgan fingerprint density at radius 2 is 1.76 bits per heavy atom. The molecule has 4 rings (SSSR count). The maximum Gasteiger partial charge on any atom is 0.337 e. The summed E-state index contributed by atoms with van der Waals surface area (Å²) < 4.78 is 0. The van der Waals surface area contributed by atoms with Gasteiger partial charge in [-0.3, -0.25) is 0 Å². The molecule has 0 radical (unpaired) electrons. The molecule has 1 aromatic rings. The number of carboxylic acids is 1. The molecule has 0 aromatic heterocycles. The molecule has 21 heavy (non-hydrogen) atoms. The molecule has 0 saturated heterocycles. The Morgan fingerprint density at radius 1 is 1.10 bits per heavy atom. The molecule has 1 aromatic carbocycles. The van der Waals surface area contributed by atoms with Crippen molar-refractivity contribution in [3.05, 3.63) is 29.8 Å². The number of carbonyl (C=O) groups is 2. The van der Waals surface area contributed by atoms with Gasteiger partial charge in [-0.2, -0.15) is 0 Å². The van der Waals surface area contributed by atoms with Gasteiger partial charge >= 0.3 is 12.0 Å². The number of fused-ring (bicyclic) bond motifs is 5. The van der Waals surface area contributed by atoms with E-state index in [1.165, 1.54) is 25.3 Å². The molecule has 3 saturated carbocycles. The van der Waals surface area contributed by atoms with Gasteiger partial charge in [0, 0.05) is 6.04 Å². The summed E-state index contributed by atoms with van der Waals surface area (Å²) in [6, 6.07) is 6.48.